The van der Waals surface area contributed by atoms with E-state index in [0.717, 1.165) is 0 Å². The molecule has 0 spiro atoms. The lowest BCUT2D eigenvalue weighted by molar-refractivity contribution is -0.129. The SMILES string of the molecule is CC(=O)c1cccc(OCC(=O)NC(C(C)=O)C(C)C)c1. The molecule has 0 aliphatic heterocycles. The Balaban J connectivity index is 2.58. The number of Topliss-reactive ketones (excluding diaryl/α,β-unsaturated/α-hetero) is 2. The maximum absolute atomic E-state index is 11.8. The summed E-state index contributed by atoms with van der Waals surface area (Å²) in [6.07, 6.45) is 0. The largest absolute Gasteiger partial charge is 0.484 e. The van der Waals surface area contributed by atoms with Gasteiger partial charge in [0.25, 0.3) is 5.91 Å². The molecule has 0 saturated heterocycles. The van der Waals surface area contributed by atoms with Crippen LogP contribution in [0.4, 0.5) is 0 Å². The number of hydrogen-bond acceptors (Lipinski definition) is 4. The standard InChI is InChI=1S/C16H21NO4/c1-10(2)16(12(4)19)17-15(20)9-21-14-7-5-6-13(8-14)11(3)18/h5-8,10,16H,9H2,1-4H3,(H,17,20). The Bertz CT molecular complexity index is 537. The lowest BCUT2D eigenvalue weighted by Crippen LogP contribution is -2.45. The van der Waals surface area contributed by atoms with Crippen molar-refractivity contribution in [1.29, 1.82) is 0 Å². The Morgan fingerprint density at radius 2 is 1.86 bits per heavy atom. The number of benzene rings is 1. The normalized spacial score (nSPS) is 11.9. The summed E-state index contributed by atoms with van der Waals surface area (Å²) in [5.74, 6) is -0.0512. The average molecular weight is 291 g/mol. The van der Waals surface area contributed by atoms with Crippen LogP contribution in [0, 0.1) is 5.92 Å². The second kappa shape index (κ2) is 7.57. The number of hydrogen-bond donors (Lipinski definition) is 1. The van der Waals surface area contributed by atoms with Crippen LogP contribution in [0.5, 0.6) is 5.75 Å². The molecule has 1 atom stereocenters. The summed E-state index contributed by atoms with van der Waals surface area (Å²) >= 11 is 0. The van der Waals surface area contributed by atoms with E-state index in [1.165, 1.54) is 13.8 Å². The lowest BCUT2D eigenvalue weighted by Gasteiger charge is -2.19. The maximum Gasteiger partial charge on any atom is 0.258 e. The first kappa shape index (κ1) is 16.9. The molecule has 1 aromatic rings. The van der Waals surface area contributed by atoms with Crippen LogP contribution in [-0.2, 0) is 9.59 Å². The van der Waals surface area contributed by atoms with E-state index in [0.29, 0.717) is 11.3 Å². The Morgan fingerprint density at radius 3 is 2.38 bits per heavy atom. The number of nitrogens with one attached hydrogen (secondary N) is 1. The van der Waals surface area contributed by atoms with Gasteiger partial charge in [0.1, 0.15) is 5.75 Å². The Hall–Kier alpha value is -2.17. The van der Waals surface area contributed by atoms with E-state index in [9.17, 15) is 14.4 Å². The molecule has 1 rings (SSSR count). The van der Waals surface area contributed by atoms with Gasteiger partial charge < -0.3 is 10.1 Å². The summed E-state index contributed by atoms with van der Waals surface area (Å²) in [4.78, 5) is 34.5. The van der Waals surface area contributed by atoms with Crippen LogP contribution < -0.4 is 10.1 Å². The van der Waals surface area contributed by atoms with Crippen LogP contribution in [0.25, 0.3) is 0 Å². The highest BCUT2D eigenvalue weighted by Gasteiger charge is 2.20. The van der Waals surface area contributed by atoms with Gasteiger partial charge in [0, 0.05) is 5.56 Å². The molecule has 5 nitrogen and oxygen atoms in total. The van der Waals surface area contributed by atoms with Gasteiger partial charge in [-0.1, -0.05) is 26.0 Å². The summed E-state index contributed by atoms with van der Waals surface area (Å²) < 4.78 is 5.34. The van der Waals surface area contributed by atoms with Crippen LogP contribution in [-0.4, -0.2) is 30.1 Å². The van der Waals surface area contributed by atoms with Crippen molar-refractivity contribution in [2.75, 3.05) is 6.61 Å². The Labute approximate surface area is 124 Å². The quantitative estimate of drug-likeness (QED) is 0.780. The van der Waals surface area contributed by atoms with Gasteiger partial charge in [0.2, 0.25) is 0 Å². The fourth-order valence-corrected chi connectivity index (χ4v) is 1.91. The molecular weight excluding hydrogens is 270 g/mol. The van der Waals surface area contributed by atoms with Crippen molar-refractivity contribution in [2.24, 2.45) is 5.92 Å². The molecule has 0 radical (unpaired) electrons. The van der Waals surface area contributed by atoms with Gasteiger partial charge >= 0.3 is 0 Å². The molecule has 0 aromatic heterocycles. The van der Waals surface area contributed by atoms with Crippen molar-refractivity contribution >= 4 is 17.5 Å². The fraction of sp³-hybridized carbons (Fsp3) is 0.438. The Morgan fingerprint density at radius 1 is 1.19 bits per heavy atom. The number of carbonyl (C=O) groups excluding carboxylic acids is 3. The summed E-state index contributed by atoms with van der Waals surface area (Å²) in [7, 11) is 0. The van der Waals surface area contributed by atoms with E-state index >= 15 is 0 Å². The van der Waals surface area contributed by atoms with Crippen molar-refractivity contribution in [3.8, 4) is 5.75 Å². The molecule has 21 heavy (non-hydrogen) atoms. The number of ketones is 2. The monoisotopic (exact) mass is 291 g/mol. The summed E-state index contributed by atoms with van der Waals surface area (Å²) in [5.41, 5.74) is 0.525. The zero-order valence-corrected chi connectivity index (χ0v) is 12.8. The molecule has 0 heterocycles. The van der Waals surface area contributed by atoms with Gasteiger partial charge in [-0.2, -0.15) is 0 Å². The number of ether oxygens (including phenoxy) is 1. The predicted molar refractivity (Wildman–Crippen MR) is 79.4 cm³/mol. The molecule has 1 amide bonds. The first-order valence-electron chi connectivity index (χ1n) is 6.85. The molecule has 5 heteroatoms. The first-order chi connectivity index (χ1) is 9.81. The van der Waals surface area contributed by atoms with Crippen molar-refractivity contribution < 1.29 is 19.1 Å². The highest BCUT2D eigenvalue weighted by molar-refractivity contribution is 5.94. The third-order valence-electron chi connectivity index (χ3n) is 3.03. The molecule has 1 unspecified atom stereocenters. The van der Waals surface area contributed by atoms with Crippen molar-refractivity contribution in [3.63, 3.8) is 0 Å². The zero-order chi connectivity index (χ0) is 16.0. The van der Waals surface area contributed by atoms with Crippen LogP contribution in [0.15, 0.2) is 24.3 Å². The van der Waals surface area contributed by atoms with E-state index in [4.69, 9.17) is 4.74 Å². The van der Waals surface area contributed by atoms with Crippen molar-refractivity contribution in [2.45, 2.75) is 33.7 Å². The third kappa shape index (κ3) is 5.38. The van der Waals surface area contributed by atoms with Gasteiger partial charge in [-0.25, -0.2) is 0 Å². The molecule has 0 fully saturated rings. The molecule has 114 valence electrons. The molecule has 1 aromatic carbocycles. The van der Waals surface area contributed by atoms with Crippen LogP contribution in [0.3, 0.4) is 0 Å². The van der Waals surface area contributed by atoms with Crippen molar-refractivity contribution in [3.05, 3.63) is 29.8 Å². The average Bonchev–Trinajstić information content (AvgIpc) is 2.42. The minimum absolute atomic E-state index is 0.0208. The molecule has 0 saturated carbocycles. The first-order valence-corrected chi connectivity index (χ1v) is 6.85. The van der Waals surface area contributed by atoms with Gasteiger partial charge in [-0.05, 0) is 31.9 Å². The summed E-state index contributed by atoms with van der Waals surface area (Å²) in [6, 6.07) is 6.12. The van der Waals surface area contributed by atoms with E-state index < -0.39 is 6.04 Å². The maximum atomic E-state index is 11.8. The fourth-order valence-electron chi connectivity index (χ4n) is 1.91. The molecule has 0 aliphatic carbocycles. The molecule has 1 N–H and O–H groups in total. The van der Waals surface area contributed by atoms with Crippen LogP contribution in [0.1, 0.15) is 38.1 Å². The van der Waals surface area contributed by atoms with E-state index in [1.54, 1.807) is 24.3 Å². The number of rotatable bonds is 7. The van der Waals surface area contributed by atoms with Crippen molar-refractivity contribution in [1.82, 2.24) is 5.32 Å². The second-order valence-corrected chi connectivity index (χ2v) is 5.27. The molecule has 0 aliphatic rings. The molecular formula is C16H21NO4. The minimum Gasteiger partial charge on any atom is -0.484 e. The predicted octanol–water partition coefficient (Wildman–Crippen LogP) is 2.00. The second-order valence-electron chi connectivity index (χ2n) is 5.27. The highest BCUT2D eigenvalue weighted by Crippen LogP contribution is 2.13. The topological polar surface area (TPSA) is 72.5 Å². The summed E-state index contributed by atoms with van der Waals surface area (Å²) in [5, 5.41) is 2.64. The lowest BCUT2D eigenvalue weighted by atomic mass is 10.0. The molecule has 0 bridgehead atoms. The van der Waals surface area contributed by atoms with Gasteiger partial charge in [-0.15, -0.1) is 0 Å². The van der Waals surface area contributed by atoms with Gasteiger partial charge in [0.05, 0.1) is 6.04 Å². The summed E-state index contributed by atoms with van der Waals surface area (Å²) in [6.45, 7) is 6.44. The number of amides is 1. The Kier molecular flexibility index (Phi) is 6.09. The van der Waals surface area contributed by atoms with E-state index in [1.807, 2.05) is 13.8 Å². The van der Waals surface area contributed by atoms with Gasteiger partial charge in [-0.3, -0.25) is 14.4 Å². The van der Waals surface area contributed by atoms with Crippen LogP contribution >= 0.6 is 0 Å². The highest BCUT2D eigenvalue weighted by atomic mass is 16.5. The number of carbonyl (C=O) groups is 3. The third-order valence-corrected chi connectivity index (χ3v) is 3.03. The van der Waals surface area contributed by atoms with Crippen LogP contribution in [0.2, 0.25) is 0 Å². The van der Waals surface area contributed by atoms with Gasteiger partial charge in [0.15, 0.2) is 18.2 Å². The van der Waals surface area contributed by atoms with E-state index in [2.05, 4.69) is 5.32 Å². The minimum atomic E-state index is -0.510. The van der Waals surface area contributed by atoms with E-state index in [-0.39, 0.29) is 30.0 Å². The smallest absolute Gasteiger partial charge is 0.258 e. The zero-order valence-electron chi connectivity index (χ0n) is 12.8.